The standard InChI is InChI=1S/C16H14Cl2N2O3S/c17-13-8-7-11(9-14(13)18)24(22,23)20-15-4-2-1-3-12(15)16(21)19-10-5-6-10/h1-4,7-10,20H,5-6H2,(H,19,21). The number of benzene rings is 2. The van der Waals surface area contributed by atoms with Crippen molar-refractivity contribution in [1.29, 1.82) is 0 Å². The largest absolute Gasteiger partial charge is 0.349 e. The third-order valence-corrected chi connectivity index (χ3v) is 5.63. The summed E-state index contributed by atoms with van der Waals surface area (Å²) in [6.07, 6.45) is 1.89. The van der Waals surface area contributed by atoms with Crippen molar-refractivity contribution in [2.24, 2.45) is 0 Å². The summed E-state index contributed by atoms with van der Waals surface area (Å²) in [5.41, 5.74) is 0.481. The number of anilines is 1. The van der Waals surface area contributed by atoms with Crippen LogP contribution in [0.25, 0.3) is 0 Å². The van der Waals surface area contributed by atoms with Gasteiger partial charge in [0.05, 0.1) is 26.2 Å². The lowest BCUT2D eigenvalue weighted by Crippen LogP contribution is -2.27. The van der Waals surface area contributed by atoms with Crippen LogP contribution in [0.3, 0.4) is 0 Å². The predicted octanol–water partition coefficient (Wildman–Crippen LogP) is 3.69. The van der Waals surface area contributed by atoms with E-state index in [2.05, 4.69) is 10.0 Å². The SMILES string of the molecule is O=C(NC1CC1)c1ccccc1NS(=O)(=O)c1ccc(Cl)c(Cl)c1. The quantitative estimate of drug-likeness (QED) is 0.825. The summed E-state index contributed by atoms with van der Waals surface area (Å²) in [5.74, 6) is -0.301. The summed E-state index contributed by atoms with van der Waals surface area (Å²) in [5, 5.41) is 3.24. The molecule has 1 aliphatic carbocycles. The molecule has 0 aromatic heterocycles. The number of amides is 1. The van der Waals surface area contributed by atoms with Gasteiger partial charge in [-0.25, -0.2) is 8.42 Å². The van der Waals surface area contributed by atoms with Crippen LogP contribution in [0.2, 0.25) is 10.0 Å². The molecule has 0 atom stereocenters. The topological polar surface area (TPSA) is 75.3 Å². The van der Waals surface area contributed by atoms with Crippen LogP contribution in [0, 0.1) is 0 Å². The second kappa shape index (κ2) is 6.63. The van der Waals surface area contributed by atoms with Gasteiger partial charge in [-0.1, -0.05) is 35.3 Å². The van der Waals surface area contributed by atoms with Crippen molar-refractivity contribution < 1.29 is 13.2 Å². The maximum atomic E-state index is 12.5. The molecule has 1 fully saturated rings. The van der Waals surface area contributed by atoms with Gasteiger partial charge in [0.25, 0.3) is 15.9 Å². The molecule has 0 spiro atoms. The van der Waals surface area contributed by atoms with Crippen molar-refractivity contribution in [3.8, 4) is 0 Å². The lowest BCUT2D eigenvalue weighted by atomic mass is 10.1. The van der Waals surface area contributed by atoms with Gasteiger partial charge >= 0.3 is 0 Å². The lowest BCUT2D eigenvalue weighted by molar-refractivity contribution is 0.0952. The minimum Gasteiger partial charge on any atom is -0.349 e. The Morgan fingerprint density at radius 2 is 1.75 bits per heavy atom. The molecule has 8 heteroatoms. The molecule has 0 aliphatic heterocycles. The number of halogens is 2. The molecule has 0 heterocycles. The van der Waals surface area contributed by atoms with Crippen molar-refractivity contribution >= 4 is 44.8 Å². The number of sulfonamides is 1. The van der Waals surface area contributed by atoms with E-state index >= 15 is 0 Å². The normalized spacial score (nSPS) is 14.2. The molecule has 2 aromatic rings. The third kappa shape index (κ3) is 3.83. The van der Waals surface area contributed by atoms with Crippen LogP contribution in [0.5, 0.6) is 0 Å². The Labute approximate surface area is 150 Å². The Morgan fingerprint density at radius 3 is 2.42 bits per heavy atom. The Kier molecular flexibility index (Phi) is 4.71. The first-order valence-corrected chi connectivity index (χ1v) is 9.48. The average molecular weight is 385 g/mol. The van der Waals surface area contributed by atoms with Gasteiger partial charge in [-0.05, 0) is 43.2 Å². The highest BCUT2D eigenvalue weighted by molar-refractivity contribution is 7.92. The zero-order chi connectivity index (χ0) is 17.3. The van der Waals surface area contributed by atoms with E-state index < -0.39 is 10.0 Å². The Bertz CT molecular complexity index is 896. The van der Waals surface area contributed by atoms with E-state index in [0.717, 1.165) is 12.8 Å². The van der Waals surface area contributed by atoms with Gasteiger partial charge in [0, 0.05) is 6.04 Å². The Morgan fingerprint density at radius 1 is 1.04 bits per heavy atom. The number of carbonyl (C=O) groups is 1. The van der Waals surface area contributed by atoms with E-state index in [9.17, 15) is 13.2 Å². The third-order valence-electron chi connectivity index (χ3n) is 3.53. The van der Waals surface area contributed by atoms with Gasteiger partial charge in [-0.2, -0.15) is 0 Å². The molecule has 2 N–H and O–H groups in total. The highest BCUT2D eigenvalue weighted by Gasteiger charge is 2.25. The summed E-state index contributed by atoms with van der Waals surface area (Å²) in [6, 6.07) is 10.6. The monoisotopic (exact) mass is 384 g/mol. The van der Waals surface area contributed by atoms with Crippen molar-refractivity contribution in [3.63, 3.8) is 0 Å². The van der Waals surface area contributed by atoms with Crippen LogP contribution >= 0.6 is 23.2 Å². The lowest BCUT2D eigenvalue weighted by Gasteiger charge is -2.13. The Balaban J connectivity index is 1.89. The van der Waals surface area contributed by atoms with Crippen LogP contribution in [0.15, 0.2) is 47.4 Å². The van der Waals surface area contributed by atoms with Crippen LogP contribution in [0.1, 0.15) is 23.2 Å². The first kappa shape index (κ1) is 17.1. The predicted molar refractivity (Wildman–Crippen MR) is 94.2 cm³/mol. The number of rotatable bonds is 5. The van der Waals surface area contributed by atoms with Gasteiger partial charge in [0.2, 0.25) is 0 Å². The van der Waals surface area contributed by atoms with Crippen LogP contribution in [0.4, 0.5) is 5.69 Å². The molecule has 1 saturated carbocycles. The van der Waals surface area contributed by atoms with Crippen LogP contribution in [-0.4, -0.2) is 20.4 Å². The molecule has 24 heavy (non-hydrogen) atoms. The van der Waals surface area contributed by atoms with Crippen molar-refractivity contribution in [3.05, 3.63) is 58.1 Å². The van der Waals surface area contributed by atoms with Crippen molar-refractivity contribution in [1.82, 2.24) is 5.32 Å². The van der Waals surface area contributed by atoms with Gasteiger partial charge < -0.3 is 5.32 Å². The molecule has 0 saturated heterocycles. The molecule has 2 aromatic carbocycles. The smallest absolute Gasteiger partial charge is 0.261 e. The number of para-hydroxylation sites is 1. The van der Waals surface area contributed by atoms with E-state index in [1.807, 2.05) is 0 Å². The van der Waals surface area contributed by atoms with Crippen molar-refractivity contribution in [2.45, 2.75) is 23.8 Å². The summed E-state index contributed by atoms with van der Waals surface area (Å²) >= 11 is 11.7. The fraction of sp³-hybridized carbons (Fsp3) is 0.188. The van der Waals surface area contributed by atoms with E-state index in [4.69, 9.17) is 23.2 Å². The zero-order valence-electron chi connectivity index (χ0n) is 12.4. The molecule has 5 nitrogen and oxygen atoms in total. The van der Waals surface area contributed by atoms with E-state index in [-0.39, 0.29) is 38.1 Å². The fourth-order valence-corrected chi connectivity index (χ4v) is 3.58. The molecule has 1 amide bonds. The second-order valence-corrected chi connectivity index (χ2v) is 7.97. The van der Waals surface area contributed by atoms with Crippen LogP contribution in [-0.2, 0) is 10.0 Å². The van der Waals surface area contributed by atoms with E-state index in [0.29, 0.717) is 0 Å². The summed E-state index contributed by atoms with van der Waals surface area (Å²) in [4.78, 5) is 12.2. The van der Waals surface area contributed by atoms with E-state index in [1.54, 1.807) is 18.2 Å². The molecular weight excluding hydrogens is 371 g/mol. The minimum atomic E-state index is -3.89. The fourth-order valence-electron chi connectivity index (χ4n) is 2.11. The summed E-state index contributed by atoms with van der Waals surface area (Å²) in [7, 11) is -3.89. The first-order chi connectivity index (χ1) is 11.4. The van der Waals surface area contributed by atoms with Crippen molar-refractivity contribution in [2.75, 3.05) is 4.72 Å². The van der Waals surface area contributed by atoms with E-state index in [1.165, 1.54) is 24.3 Å². The summed E-state index contributed by atoms with van der Waals surface area (Å²) in [6.45, 7) is 0. The molecule has 0 bridgehead atoms. The molecular formula is C16H14Cl2N2O3S. The maximum absolute atomic E-state index is 12.5. The molecule has 3 rings (SSSR count). The van der Waals surface area contributed by atoms with Gasteiger partial charge in [-0.3, -0.25) is 9.52 Å². The average Bonchev–Trinajstić information content (AvgIpc) is 3.34. The first-order valence-electron chi connectivity index (χ1n) is 7.24. The summed E-state index contributed by atoms with van der Waals surface area (Å²) < 4.78 is 27.5. The molecule has 0 radical (unpaired) electrons. The Hall–Kier alpha value is -1.76. The second-order valence-electron chi connectivity index (χ2n) is 5.47. The highest BCUT2D eigenvalue weighted by atomic mass is 35.5. The number of nitrogens with one attached hydrogen (secondary N) is 2. The maximum Gasteiger partial charge on any atom is 0.261 e. The highest BCUT2D eigenvalue weighted by Crippen LogP contribution is 2.27. The minimum absolute atomic E-state index is 0.0331. The number of hydrogen-bond donors (Lipinski definition) is 2. The number of hydrogen-bond acceptors (Lipinski definition) is 3. The number of carbonyl (C=O) groups excluding carboxylic acids is 1. The van der Waals surface area contributed by atoms with Gasteiger partial charge in [0.15, 0.2) is 0 Å². The molecule has 0 unspecified atom stereocenters. The zero-order valence-corrected chi connectivity index (χ0v) is 14.8. The van der Waals surface area contributed by atoms with Gasteiger partial charge in [-0.15, -0.1) is 0 Å². The molecule has 1 aliphatic rings. The molecule has 126 valence electrons. The van der Waals surface area contributed by atoms with Crippen LogP contribution < -0.4 is 10.0 Å². The van der Waals surface area contributed by atoms with Gasteiger partial charge in [0.1, 0.15) is 0 Å².